The van der Waals surface area contributed by atoms with Crippen LogP contribution in [0.1, 0.15) is 24.8 Å². The van der Waals surface area contributed by atoms with E-state index in [9.17, 15) is 9.59 Å². The van der Waals surface area contributed by atoms with Crippen LogP contribution in [0.5, 0.6) is 0 Å². The van der Waals surface area contributed by atoms with E-state index in [-0.39, 0.29) is 24.2 Å². The summed E-state index contributed by atoms with van der Waals surface area (Å²) >= 11 is 12.0. The average Bonchev–Trinajstić information content (AvgIpc) is 3.06. The summed E-state index contributed by atoms with van der Waals surface area (Å²) in [5, 5.41) is 6.92. The molecule has 0 saturated carbocycles. The molecule has 2 aliphatic rings. The molecule has 29 heavy (non-hydrogen) atoms. The van der Waals surface area contributed by atoms with Gasteiger partial charge in [0.05, 0.1) is 13.0 Å². The highest BCUT2D eigenvalue weighted by Crippen LogP contribution is 2.32. The number of rotatable bonds is 6. The molecule has 2 aromatic rings. The summed E-state index contributed by atoms with van der Waals surface area (Å²) in [4.78, 5) is 34.9. The van der Waals surface area contributed by atoms with Crippen LogP contribution in [-0.4, -0.2) is 41.3 Å². The predicted octanol–water partition coefficient (Wildman–Crippen LogP) is 3.57. The van der Waals surface area contributed by atoms with Crippen molar-refractivity contribution in [3.05, 3.63) is 40.1 Å². The molecule has 1 aromatic heterocycles. The van der Waals surface area contributed by atoms with E-state index < -0.39 is 0 Å². The van der Waals surface area contributed by atoms with Crippen molar-refractivity contribution >= 4 is 52.2 Å². The van der Waals surface area contributed by atoms with Crippen molar-refractivity contribution in [1.29, 1.82) is 0 Å². The van der Waals surface area contributed by atoms with E-state index in [1.54, 1.807) is 18.2 Å². The first-order valence-electron chi connectivity index (χ1n) is 9.58. The van der Waals surface area contributed by atoms with E-state index >= 15 is 0 Å². The molecule has 0 spiro atoms. The molecule has 4 rings (SSSR count). The molecule has 0 radical (unpaired) electrons. The molecule has 1 saturated heterocycles. The Labute approximate surface area is 178 Å². The fourth-order valence-corrected chi connectivity index (χ4v) is 4.48. The lowest BCUT2D eigenvalue weighted by Crippen LogP contribution is -2.37. The maximum Gasteiger partial charge on any atom is 0.230 e. The van der Waals surface area contributed by atoms with Gasteiger partial charge in [-0.15, -0.1) is 0 Å². The molecule has 9 heteroatoms. The maximum atomic E-state index is 12.5. The number of fused-ring (bicyclic) bond motifs is 1. The number of halogens is 2. The third-order valence-electron chi connectivity index (χ3n) is 5.20. The van der Waals surface area contributed by atoms with Crippen molar-refractivity contribution in [1.82, 2.24) is 9.97 Å². The van der Waals surface area contributed by atoms with Crippen molar-refractivity contribution in [3.63, 3.8) is 0 Å². The SMILES string of the molecule is O=C(CNc1cc(Cl)cc(Cl)c1)C[C@@H]1CCCN(c2ncnc3c2CC(=O)N3)C1. The minimum Gasteiger partial charge on any atom is -0.378 e. The number of nitrogens with one attached hydrogen (secondary N) is 2. The van der Waals surface area contributed by atoms with Crippen molar-refractivity contribution in [2.24, 2.45) is 5.92 Å². The highest BCUT2D eigenvalue weighted by Gasteiger charge is 2.29. The van der Waals surface area contributed by atoms with E-state index in [4.69, 9.17) is 23.2 Å². The van der Waals surface area contributed by atoms with Crippen LogP contribution in [0.25, 0.3) is 0 Å². The third kappa shape index (κ3) is 4.79. The van der Waals surface area contributed by atoms with Crippen molar-refractivity contribution < 1.29 is 9.59 Å². The van der Waals surface area contributed by atoms with Gasteiger partial charge in [-0.05, 0) is 37.0 Å². The molecule has 1 fully saturated rings. The second-order valence-corrected chi connectivity index (χ2v) is 8.33. The van der Waals surface area contributed by atoms with Gasteiger partial charge in [-0.1, -0.05) is 23.2 Å². The topological polar surface area (TPSA) is 87.2 Å². The van der Waals surface area contributed by atoms with Crippen molar-refractivity contribution in [2.75, 3.05) is 35.2 Å². The molecule has 1 atom stereocenters. The summed E-state index contributed by atoms with van der Waals surface area (Å²) in [5.41, 5.74) is 1.58. The zero-order chi connectivity index (χ0) is 20.4. The summed E-state index contributed by atoms with van der Waals surface area (Å²) in [6.07, 6.45) is 4.25. The molecule has 7 nitrogen and oxygen atoms in total. The Balaban J connectivity index is 1.35. The smallest absolute Gasteiger partial charge is 0.230 e. The van der Waals surface area contributed by atoms with Gasteiger partial charge in [-0.2, -0.15) is 0 Å². The van der Waals surface area contributed by atoms with Crippen LogP contribution in [0.4, 0.5) is 17.3 Å². The lowest BCUT2D eigenvalue weighted by atomic mass is 9.92. The molecule has 3 heterocycles. The number of piperidine rings is 1. The fourth-order valence-electron chi connectivity index (χ4n) is 3.96. The Morgan fingerprint density at radius 2 is 2.03 bits per heavy atom. The Kier molecular flexibility index (Phi) is 5.87. The minimum absolute atomic E-state index is 0.0577. The Hall–Kier alpha value is -2.38. The van der Waals surface area contributed by atoms with Crippen LogP contribution in [-0.2, 0) is 16.0 Å². The van der Waals surface area contributed by atoms with Crippen molar-refractivity contribution in [2.45, 2.75) is 25.7 Å². The third-order valence-corrected chi connectivity index (χ3v) is 5.64. The van der Waals surface area contributed by atoms with Gasteiger partial charge in [0.25, 0.3) is 0 Å². The number of ketones is 1. The average molecular weight is 434 g/mol. The number of aromatic nitrogens is 2. The number of amides is 1. The first-order chi connectivity index (χ1) is 14.0. The molecule has 0 aliphatic carbocycles. The Bertz CT molecular complexity index is 932. The summed E-state index contributed by atoms with van der Waals surface area (Å²) in [5.74, 6) is 1.73. The molecule has 2 aliphatic heterocycles. The molecule has 2 N–H and O–H groups in total. The first-order valence-corrected chi connectivity index (χ1v) is 10.3. The van der Waals surface area contributed by atoms with Crippen LogP contribution in [0.2, 0.25) is 10.0 Å². The lowest BCUT2D eigenvalue weighted by Gasteiger charge is -2.34. The normalized spacial score (nSPS) is 18.3. The summed E-state index contributed by atoms with van der Waals surface area (Å²) in [6, 6.07) is 5.14. The van der Waals surface area contributed by atoms with Gasteiger partial charge in [0, 0.05) is 40.8 Å². The number of anilines is 3. The molecule has 0 bridgehead atoms. The summed E-state index contributed by atoms with van der Waals surface area (Å²) in [6.45, 7) is 1.84. The number of hydrogen-bond donors (Lipinski definition) is 2. The predicted molar refractivity (Wildman–Crippen MR) is 114 cm³/mol. The standard InChI is InChI=1S/C20H21Cl2N5O2/c21-13-5-14(22)7-15(6-13)23-9-16(28)4-12-2-1-3-27(10-12)20-17-8-18(29)26-19(17)24-11-25-20/h5-7,11-12,23H,1-4,8-10H2,(H,24,25,26,29)/t12-/m0/s1. The largest absolute Gasteiger partial charge is 0.378 e. The molecule has 1 aromatic carbocycles. The molecule has 152 valence electrons. The minimum atomic E-state index is -0.0577. The van der Waals surface area contributed by atoms with Gasteiger partial charge >= 0.3 is 0 Å². The van der Waals surface area contributed by atoms with Gasteiger partial charge < -0.3 is 15.5 Å². The van der Waals surface area contributed by atoms with E-state index in [2.05, 4.69) is 25.5 Å². The quantitative estimate of drug-likeness (QED) is 0.723. The molecule has 0 unspecified atom stereocenters. The van der Waals surface area contributed by atoms with E-state index in [1.165, 1.54) is 6.33 Å². The number of benzene rings is 1. The zero-order valence-corrected chi connectivity index (χ0v) is 17.3. The van der Waals surface area contributed by atoms with Gasteiger partial charge in [-0.3, -0.25) is 9.59 Å². The van der Waals surface area contributed by atoms with E-state index in [1.807, 2.05) is 0 Å². The molecular formula is C20H21Cl2N5O2. The highest BCUT2D eigenvalue weighted by molar-refractivity contribution is 6.35. The van der Waals surface area contributed by atoms with Gasteiger partial charge in [-0.25, -0.2) is 9.97 Å². The number of hydrogen-bond acceptors (Lipinski definition) is 6. The summed E-state index contributed by atoms with van der Waals surface area (Å²) in [7, 11) is 0. The number of Topliss-reactive ketones (excluding diaryl/α,β-unsaturated/α-hetero) is 1. The van der Waals surface area contributed by atoms with Crippen LogP contribution >= 0.6 is 23.2 Å². The Morgan fingerprint density at radius 1 is 1.24 bits per heavy atom. The van der Waals surface area contributed by atoms with E-state index in [0.29, 0.717) is 28.7 Å². The van der Waals surface area contributed by atoms with Crippen LogP contribution in [0, 0.1) is 5.92 Å². The lowest BCUT2D eigenvalue weighted by molar-refractivity contribution is -0.118. The molecular weight excluding hydrogens is 413 g/mol. The highest BCUT2D eigenvalue weighted by atomic mass is 35.5. The summed E-state index contributed by atoms with van der Waals surface area (Å²) < 4.78 is 0. The van der Waals surface area contributed by atoms with E-state index in [0.717, 1.165) is 43.0 Å². The van der Waals surface area contributed by atoms with Gasteiger partial charge in [0.15, 0.2) is 5.78 Å². The van der Waals surface area contributed by atoms with Gasteiger partial charge in [0.2, 0.25) is 5.91 Å². The Morgan fingerprint density at radius 3 is 2.83 bits per heavy atom. The number of carbonyl (C=O) groups excluding carboxylic acids is 2. The van der Waals surface area contributed by atoms with Gasteiger partial charge in [0.1, 0.15) is 18.0 Å². The van der Waals surface area contributed by atoms with Crippen LogP contribution < -0.4 is 15.5 Å². The van der Waals surface area contributed by atoms with Crippen LogP contribution in [0.3, 0.4) is 0 Å². The van der Waals surface area contributed by atoms with Crippen LogP contribution in [0.15, 0.2) is 24.5 Å². The van der Waals surface area contributed by atoms with Crippen molar-refractivity contribution in [3.8, 4) is 0 Å². The maximum absolute atomic E-state index is 12.5. The molecule has 1 amide bonds. The number of nitrogens with zero attached hydrogens (tertiary/aromatic N) is 3. The second-order valence-electron chi connectivity index (χ2n) is 7.46. The first kappa shape index (κ1) is 19.9. The monoisotopic (exact) mass is 433 g/mol. The fraction of sp³-hybridized carbons (Fsp3) is 0.400. The number of carbonyl (C=O) groups is 2. The zero-order valence-electron chi connectivity index (χ0n) is 15.8. The second kappa shape index (κ2) is 8.55.